The van der Waals surface area contributed by atoms with E-state index in [4.69, 9.17) is 5.73 Å². The summed E-state index contributed by atoms with van der Waals surface area (Å²) in [6, 6.07) is 11.2. The first-order valence-electron chi connectivity index (χ1n) is 7.46. The van der Waals surface area contributed by atoms with Gasteiger partial charge in [0.15, 0.2) is 0 Å². The van der Waals surface area contributed by atoms with Crippen LogP contribution in [0.4, 0.5) is 0 Å². The summed E-state index contributed by atoms with van der Waals surface area (Å²) >= 11 is 0. The highest BCUT2D eigenvalue weighted by atomic mass is 15.2. The van der Waals surface area contributed by atoms with Crippen LogP contribution in [0.3, 0.4) is 0 Å². The van der Waals surface area contributed by atoms with E-state index < -0.39 is 0 Å². The van der Waals surface area contributed by atoms with Gasteiger partial charge in [-0.15, -0.1) is 0 Å². The summed E-state index contributed by atoms with van der Waals surface area (Å²) in [5, 5.41) is 0. The Hall–Kier alpha value is -0.900. The van der Waals surface area contributed by atoms with Crippen LogP contribution < -0.4 is 5.73 Å². The lowest BCUT2D eigenvalue weighted by atomic mass is 10.1. The number of piperidine rings is 1. The highest BCUT2D eigenvalue weighted by Gasteiger charge is 2.20. The highest BCUT2D eigenvalue weighted by molar-refractivity contribution is 5.14. The Morgan fingerprint density at radius 3 is 2.47 bits per heavy atom. The molecule has 0 amide bonds. The van der Waals surface area contributed by atoms with Gasteiger partial charge in [0.25, 0.3) is 0 Å². The van der Waals surface area contributed by atoms with E-state index in [9.17, 15) is 0 Å². The quantitative estimate of drug-likeness (QED) is 0.849. The third kappa shape index (κ3) is 4.60. The Bertz CT molecular complexity index is 346. The molecule has 1 fully saturated rings. The van der Waals surface area contributed by atoms with E-state index in [-0.39, 0.29) is 0 Å². The van der Waals surface area contributed by atoms with Gasteiger partial charge in [0, 0.05) is 25.7 Å². The van der Waals surface area contributed by atoms with E-state index in [2.05, 4.69) is 47.2 Å². The van der Waals surface area contributed by atoms with Gasteiger partial charge in [0.2, 0.25) is 0 Å². The Kier molecular flexibility index (Phi) is 5.83. The second-order valence-electron chi connectivity index (χ2n) is 5.67. The van der Waals surface area contributed by atoms with E-state index in [1.165, 1.54) is 37.9 Å². The highest BCUT2D eigenvalue weighted by Crippen LogP contribution is 2.13. The Morgan fingerprint density at radius 2 is 1.84 bits per heavy atom. The SMILES string of the molecule is CN(Cc1ccccc1)CC(CN)N1CCCCC1. The van der Waals surface area contributed by atoms with Crippen molar-refractivity contribution in [2.45, 2.75) is 31.8 Å². The molecule has 2 N–H and O–H groups in total. The van der Waals surface area contributed by atoms with Crippen molar-refractivity contribution in [2.75, 3.05) is 33.2 Å². The molecule has 1 aromatic carbocycles. The van der Waals surface area contributed by atoms with Crippen LogP contribution in [0.5, 0.6) is 0 Å². The zero-order chi connectivity index (χ0) is 13.5. The van der Waals surface area contributed by atoms with Gasteiger partial charge in [-0.2, -0.15) is 0 Å². The maximum absolute atomic E-state index is 5.98. The fourth-order valence-corrected chi connectivity index (χ4v) is 2.94. The van der Waals surface area contributed by atoms with Gasteiger partial charge < -0.3 is 10.6 Å². The molecular weight excluding hydrogens is 234 g/mol. The van der Waals surface area contributed by atoms with Crippen LogP contribution in [0.25, 0.3) is 0 Å². The lowest BCUT2D eigenvalue weighted by Gasteiger charge is -2.36. The molecule has 0 spiro atoms. The normalized spacial score (nSPS) is 18.7. The minimum absolute atomic E-state index is 0.508. The second kappa shape index (κ2) is 7.63. The number of nitrogens with zero attached hydrogens (tertiary/aromatic N) is 2. The summed E-state index contributed by atoms with van der Waals surface area (Å²) in [5.74, 6) is 0. The molecule has 19 heavy (non-hydrogen) atoms. The van der Waals surface area contributed by atoms with Gasteiger partial charge in [0.05, 0.1) is 0 Å². The van der Waals surface area contributed by atoms with Crippen molar-refractivity contribution in [3.05, 3.63) is 35.9 Å². The zero-order valence-electron chi connectivity index (χ0n) is 12.1. The minimum Gasteiger partial charge on any atom is -0.329 e. The van der Waals surface area contributed by atoms with Gasteiger partial charge in [-0.3, -0.25) is 4.90 Å². The van der Waals surface area contributed by atoms with Crippen molar-refractivity contribution in [1.82, 2.24) is 9.80 Å². The zero-order valence-corrected chi connectivity index (χ0v) is 12.1. The monoisotopic (exact) mass is 261 g/mol. The van der Waals surface area contributed by atoms with Crippen molar-refractivity contribution in [3.8, 4) is 0 Å². The van der Waals surface area contributed by atoms with Gasteiger partial charge in [0.1, 0.15) is 0 Å². The van der Waals surface area contributed by atoms with Crippen molar-refractivity contribution in [2.24, 2.45) is 5.73 Å². The predicted octanol–water partition coefficient (Wildman–Crippen LogP) is 1.93. The van der Waals surface area contributed by atoms with E-state index in [0.717, 1.165) is 19.6 Å². The topological polar surface area (TPSA) is 32.5 Å². The van der Waals surface area contributed by atoms with Crippen LogP contribution in [-0.2, 0) is 6.54 Å². The van der Waals surface area contributed by atoms with E-state index >= 15 is 0 Å². The first-order valence-corrected chi connectivity index (χ1v) is 7.46. The average Bonchev–Trinajstić information content (AvgIpc) is 2.47. The number of rotatable bonds is 6. The van der Waals surface area contributed by atoms with Crippen LogP contribution in [0.1, 0.15) is 24.8 Å². The van der Waals surface area contributed by atoms with E-state index in [0.29, 0.717) is 6.04 Å². The Morgan fingerprint density at radius 1 is 1.16 bits per heavy atom. The molecular formula is C16H27N3. The van der Waals surface area contributed by atoms with Crippen molar-refractivity contribution in [3.63, 3.8) is 0 Å². The number of likely N-dealkylation sites (tertiary alicyclic amines) is 1. The molecule has 106 valence electrons. The molecule has 2 rings (SSSR count). The number of likely N-dealkylation sites (N-methyl/N-ethyl adjacent to an activating group) is 1. The van der Waals surface area contributed by atoms with Crippen LogP contribution in [0, 0.1) is 0 Å². The molecule has 0 aromatic heterocycles. The maximum Gasteiger partial charge on any atom is 0.0345 e. The Balaban J connectivity index is 1.83. The van der Waals surface area contributed by atoms with Crippen LogP contribution in [0.15, 0.2) is 30.3 Å². The van der Waals surface area contributed by atoms with Gasteiger partial charge in [-0.25, -0.2) is 0 Å². The molecule has 1 atom stereocenters. The van der Waals surface area contributed by atoms with Crippen molar-refractivity contribution < 1.29 is 0 Å². The fourth-order valence-electron chi connectivity index (χ4n) is 2.94. The average molecular weight is 261 g/mol. The summed E-state index contributed by atoms with van der Waals surface area (Å²) in [6.07, 6.45) is 4.05. The van der Waals surface area contributed by atoms with Gasteiger partial charge in [-0.1, -0.05) is 36.8 Å². The van der Waals surface area contributed by atoms with Crippen molar-refractivity contribution >= 4 is 0 Å². The third-order valence-corrected chi connectivity index (χ3v) is 4.00. The number of benzene rings is 1. The molecule has 0 radical (unpaired) electrons. The van der Waals surface area contributed by atoms with E-state index in [1.807, 2.05) is 0 Å². The Labute approximate surface area is 117 Å². The standard InChI is InChI=1S/C16H27N3/c1-18(13-15-8-4-2-5-9-15)14-16(12-17)19-10-6-3-7-11-19/h2,4-5,8-9,16H,3,6-7,10-14,17H2,1H3. The summed E-state index contributed by atoms with van der Waals surface area (Å²) in [6.45, 7) is 5.28. The molecule has 0 bridgehead atoms. The molecule has 1 heterocycles. The fraction of sp³-hybridized carbons (Fsp3) is 0.625. The molecule has 1 aliphatic rings. The lowest BCUT2D eigenvalue weighted by molar-refractivity contribution is 0.130. The van der Waals surface area contributed by atoms with E-state index in [1.54, 1.807) is 0 Å². The molecule has 0 saturated carbocycles. The summed E-state index contributed by atoms with van der Waals surface area (Å²) < 4.78 is 0. The number of nitrogens with two attached hydrogens (primary N) is 1. The largest absolute Gasteiger partial charge is 0.329 e. The van der Waals surface area contributed by atoms with Crippen LogP contribution >= 0.6 is 0 Å². The molecule has 3 nitrogen and oxygen atoms in total. The maximum atomic E-state index is 5.98. The summed E-state index contributed by atoms with van der Waals surface area (Å²) in [5.41, 5.74) is 7.35. The van der Waals surface area contributed by atoms with Gasteiger partial charge in [-0.05, 0) is 38.5 Å². The smallest absolute Gasteiger partial charge is 0.0345 e. The summed E-state index contributed by atoms with van der Waals surface area (Å²) in [7, 11) is 2.19. The first-order chi connectivity index (χ1) is 9.29. The first kappa shape index (κ1) is 14.5. The molecule has 1 saturated heterocycles. The number of hydrogen-bond donors (Lipinski definition) is 1. The van der Waals surface area contributed by atoms with Crippen LogP contribution in [0.2, 0.25) is 0 Å². The molecule has 0 aliphatic carbocycles. The predicted molar refractivity (Wildman–Crippen MR) is 81.0 cm³/mol. The van der Waals surface area contributed by atoms with Gasteiger partial charge >= 0.3 is 0 Å². The summed E-state index contributed by atoms with van der Waals surface area (Å²) in [4.78, 5) is 4.96. The molecule has 1 aliphatic heterocycles. The van der Waals surface area contributed by atoms with Crippen LogP contribution in [-0.4, -0.2) is 49.1 Å². The number of hydrogen-bond acceptors (Lipinski definition) is 3. The third-order valence-electron chi connectivity index (χ3n) is 4.00. The molecule has 1 unspecified atom stereocenters. The molecule has 3 heteroatoms. The molecule has 1 aromatic rings. The lowest BCUT2D eigenvalue weighted by Crippen LogP contribution is -2.49. The second-order valence-corrected chi connectivity index (χ2v) is 5.67. The minimum atomic E-state index is 0.508. The van der Waals surface area contributed by atoms with Crippen molar-refractivity contribution in [1.29, 1.82) is 0 Å².